The molecule has 74 valence electrons. The molecule has 2 saturated carbocycles. The number of ether oxygens (including phenoxy) is 1. The number of morpholine rings is 1. The zero-order valence-corrected chi connectivity index (χ0v) is 8.22. The zero-order chi connectivity index (χ0) is 8.73. The molecule has 0 bridgehead atoms. The van der Waals surface area contributed by atoms with Crippen LogP contribution < -0.4 is 5.32 Å². The molecular weight excluding hydrogens is 162 g/mol. The van der Waals surface area contributed by atoms with Crippen molar-refractivity contribution < 1.29 is 4.74 Å². The number of rotatable bonds is 0. The Hall–Kier alpha value is -0.0800. The van der Waals surface area contributed by atoms with E-state index in [0.29, 0.717) is 17.7 Å². The lowest BCUT2D eigenvalue weighted by Crippen LogP contribution is -2.59. The third kappa shape index (κ3) is 1.31. The van der Waals surface area contributed by atoms with E-state index in [-0.39, 0.29) is 0 Å². The first kappa shape index (κ1) is 8.25. The highest BCUT2D eigenvalue weighted by Crippen LogP contribution is 2.37. The Balaban J connectivity index is 1.73. The highest BCUT2D eigenvalue weighted by molar-refractivity contribution is 5.01. The van der Waals surface area contributed by atoms with Crippen molar-refractivity contribution >= 4 is 0 Å². The second-order valence-electron chi connectivity index (χ2n) is 5.02. The van der Waals surface area contributed by atoms with Gasteiger partial charge in [0.05, 0.1) is 12.7 Å². The van der Waals surface area contributed by atoms with Crippen LogP contribution in [-0.2, 0) is 4.74 Å². The van der Waals surface area contributed by atoms with Gasteiger partial charge in [0, 0.05) is 11.6 Å². The van der Waals surface area contributed by atoms with Gasteiger partial charge in [-0.25, -0.2) is 0 Å². The lowest BCUT2D eigenvalue weighted by Gasteiger charge is -2.41. The molecule has 1 aliphatic heterocycles. The van der Waals surface area contributed by atoms with Crippen LogP contribution in [0.3, 0.4) is 0 Å². The summed E-state index contributed by atoms with van der Waals surface area (Å²) in [5.41, 5.74) is 0.394. The Bertz CT molecular complexity index is 198. The summed E-state index contributed by atoms with van der Waals surface area (Å²) in [6, 6.07) is 0.687. The predicted molar refractivity (Wildman–Crippen MR) is 51.7 cm³/mol. The Morgan fingerprint density at radius 3 is 2.77 bits per heavy atom. The Morgan fingerprint density at radius 1 is 1.08 bits per heavy atom. The van der Waals surface area contributed by atoms with Crippen LogP contribution in [0.1, 0.15) is 44.9 Å². The van der Waals surface area contributed by atoms with E-state index in [9.17, 15) is 0 Å². The van der Waals surface area contributed by atoms with Crippen LogP contribution in [0.4, 0.5) is 0 Å². The van der Waals surface area contributed by atoms with Gasteiger partial charge in [0.2, 0.25) is 0 Å². The van der Waals surface area contributed by atoms with Gasteiger partial charge in [-0.3, -0.25) is 0 Å². The molecule has 0 aromatic carbocycles. The molecule has 1 saturated heterocycles. The Labute approximate surface area is 80.0 Å². The normalized spacial score (nSPS) is 42.5. The Morgan fingerprint density at radius 2 is 1.92 bits per heavy atom. The number of hydrogen-bond donors (Lipinski definition) is 1. The molecule has 2 aliphatic carbocycles. The van der Waals surface area contributed by atoms with Crippen LogP contribution in [0.15, 0.2) is 0 Å². The van der Waals surface area contributed by atoms with E-state index in [1.165, 1.54) is 44.9 Å². The van der Waals surface area contributed by atoms with Gasteiger partial charge in [0.1, 0.15) is 0 Å². The van der Waals surface area contributed by atoms with E-state index >= 15 is 0 Å². The highest BCUT2D eigenvalue weighted by atomic mass is 16.5. The van der Waals surface area contributed by atoms with E-state index in [1.807, 2.05) is 0 Å². The first-order chi connectivity index (χ1) is 6.38. The second kappa shape index (κ2) is 2.96. The van der Waals surface area contributed by atoms with Gasteiger partial charge in [0.15, 0.2) is 0 Å². The van der Waals surface area contributed by atoms with Crippen LogP contribution in [0.2, 0.25) is 0 Å². The van der Waals surface area contributed by atoms with Crippen LogP contribution >= 0.6 is 0 Å². The molecule has 2 atom stereocenters. The minimum Gasteiger partial charge on any atom is -0.375 e. The standard InChI is InChI=1S/C11H19NO/c1-2-7-11(6-1)8-13-10-5-3-4-9(10)12-11/h9-10,12H,1-8H2. The molecular formula is C11H19NO. The van der Waals surface area contributed by atoms with Crippen molar-refractivity contribution in [2.45, 2.75) is 62.6 Å². The molecule has 0 amide bonds. The summed E-state index contributed by atoms with van der Waals surface area (Å²) in [6.45, 7) is 0.980. The lowest BCUT2D eigenvalue weighted by molar-refractivity contribution is -0.0483. The molecule has 1 heterocycles. The Kier molecular flexibility index (Phi) is 1.88. The van der Waals surface area contributed by atoms with Gasteiger partial charge in [-0.1, -0.05) is 12.8 Å². The van der Waals surface area contributed by atoms with Gasteiger partial charge in [-0.15, -0.1) is 0 Å². The lowest BCUT2D eigenvalue weighted by atomic mass is 9.94. The molecule has 0 aromatic rings. The second-order valence-corrected chi connectivity index (χ2v) is 5.02. The molecule has 2 heteroatoms. The fourth-order valence-corrected chi connectivity index (χ4v) is 3.33. The topological polar surface area (TPSA) is 21.3 Å². The minimum atomic E-state index is 0.394. The fraction of sp³-hybridized carbons (Fsp3) is 1.00. The minimum absolute atomic E-state index is 0.394. The van der Waals surface area contributed by atoms with Crippen molar-refractivity contribution in [2.75, 3.05) is 6.61 Å². The van der Waals surface area contributed by atoms with E-state index in [4.69, 9.17) is 4.74 Å². The van der Waals surface area contributed by atoms with Crippen molar-refractivity contribution in [1.82, 2.24) is 5.32 Å². The van der Waals surface area contributed by atoms with Crippen molar-refractivity contribution in [2.24, 2.45) is 0 Å². The monoisotopic (exact) mass is 181 g/mol. The third-order valence-electron chi connectivity index (χ3n) is 4.08. The van der Waals surface area contributed by atoms with Crippen LogP contribution in [0, 0.1) is 0 Å². The van der Waals surface area contributed by atoms with E-state index in [0.717, 1.165) is 6.61 Å². The van der Waals surface area contributed by atoms with E-state index in [1.54, 1.807) is 0 Å². The average molecular weight is 181 g/mol. The van der Waals surface area contributed by atoms with Crippen LogP contribution in [0.5, 0.6) is 0 Å². The van der Waals surface area contributed by atoms with Crippen LogP contribution in [0.25, 0.3) is 0 Å². The van der Waals surface area contributed by atoms with Crippen molar-refractivity contribution in [1.29, 1.82) is 0 Å². The summed E-state index contributed by atoms with van der Waals surface area (Å²) >= 11 is 0. The summed E-state index contributed by atoms with van der Waals surface area (Å²) < 4.78 is 5.98. The predicted octanol–water partition coefficient (Wildman–Crippen LogP) is 1.84. The molecule has 2 unspecified atom stereocenters. The summed E-state index contributed by atoms with van der Waals surface area (Å²) in [5, 5.41) is 3.87. The molecule has 1 spiro atoms. The number of fused-ring (bicyclic) bond motifs is 1. The fourth-order valence-electron chi connectivity index (χ4n) is 3.33. The van der Waals surface area contributed by atoms with Gasteiger partial charge < -0.3 is 10.1 Å². The molecule has 1 N–H and O–H groups in total. The third-order valence-corrected chi connectivity index (χ3v) is 4.08. The first-order valence-electron chi connectivity index (χ1n) is 5.77. The van der Waals surface area contributed by atoms with Crippen molar-refractivity contribution in [3.8, 4) is 0 Å². The maximum absolute atomic E-state index is 5.98. The van der Waals surface area contributed by atoms with Gasteiger partial charge in [0.25, 0.3) is 0 Å². The van der Waals surface area contributed by atoms with Crippen LogP contribution in [-0.4, -0.2) is 24.3 Å². The maximum atomic E-state index is 5.98. The van der Waals surface area contributed by atoms with Gasteiger partial charge in [-0.2, -0.15) is 0 Å². The summed E-state index contributed by atoms with van der Waals surface area (Å²) in [4.78, 5) is 0. The molecule has 2 nitrogen and oxygen atoms in total. The smallest absolute Gasteiger partial charge is 0.0729 e. The molecule has 0 aromatic heterocycles. The highest BCUT2D eigenvalue weighted by Gasteiger charge is 2.44. The molecule has 3 fully saturated rings. The quantitative estimate of drug-likeness (QED) is 0.615. The SMILES string of the molecule is C1CC2NC3(CCCC3)COC2C1. The largest absolute Gasteiger partial charge is 0.375 e. The van der Waals surface area contributed by atoms with Gasteiger partial charge >= 0.3 is 0 Å². The average Bonchev–Trinajstić information content (AvgIpc) is 2.74. The maximum Gasteiger partial charge on any atom is 0.0729 e. The summed E-state index contributed by atoms with van der Waals surface area (Å²) in [5.74, 6) is 0. The molecule has 3 rings (SSSR count). The van der Waals surface area contributed by atoms with E-state index < -0.39 is 0 Å². The van der Waals surface area contributed by atoms with Crippen molar-refractivity contribution in [3.05, 3.63) is 0 Å². The van der Waals surface area contributed by atoms with E-state index in [2.05, 4.69) is 5.32 Å². The van der Waals surface area contributed by atoms with Crippen molar-refractivity contribution in [3.63, 3.8) is 0 Å². The molecule has 13 heavy (non-hydrogen) atoms. The first-order valence-corrected chi connectivity index (χ1v) is 5.77. The number of hydrogen-bond acceptors (Lipinski definition) is 2. The summed E-state index contributed by atoms with van der Waals surface area (Å²) in [7, 11) is 0. The number of nitrogens with one attached hydrogen (secondary N) is 1. The van der Waals surface area contributed by atoms with Gasteiger partial charge in [-0.05, 0) is 32.1 Å². The summed E-state index contributed by atoms with van der Waals surface area (Å²) in [6.07, 6.45) is 10.0. The molecule has 0 radical (unpaired) electrons. The zero-order valence-electron chi connectivity index (χ0n) is 8.22. The molecule has 3 aliphatic rings.